The Morgan fingerprint density at radius 1 is 1.22 bits per heavy atom. The smallest absolute Gasteiger partial charge is 0.328 e. The van der Waals surface area contributed by atoms with Crippen LogP contribution in [0, 0.1) is 0 Å². The quantitative estimate of drug-likeness (QED) is 0.715. The van der Waals surface area contributed by atoms with E-state index in [9.17, 15) is 14.4 Å². The van der Waals surface area contributed by atoms with Crippen molar-refractivity contribution >= 4 is 33.8 Å². The van der Waals surface area contributed by atoms with Gasteiger partial charge < -0.3 is 19.5 Å². The lowest BCUT2D eigenvalue weighted by atomic mass is 10.1. The minimum Gasteiger partial charge on any atom is -0.493 e. The maximum absolute atomic E-state index is 12.4. The number of hydrogen-bond acceptors (Lipinski definition) is 6. The number of hydrogen-bond donors (Lipinski definition) is 1. The number of ether oxygens (including phenoxy) is 3. The van der Waals surface area contributed by atoms with Gasteiger partial charge in [0, 0.05) is 4.47 Å². The van der Waals surface area contributed by atoms with Crippen LogP contribution in [-0.4, -0.2) is 44.7 Å². The zero-order valence-electron chi connectivity index (χ0n) is 13.1. The van der Waals surface area contributed by atoms with E-state index in [0.29, 0.717) is 12.4 Å². The zero-order chi connectivity index (χ0) is 17.4. The molecule has 0 fully saturated rings. The van der Waals surface area contributed by atoms with Crippen LogP contribution in [0.2, 0.25) is 0 Å². The standard InChI is InChI=1S/C15H18BrNO6/c1-4-23-12-7-9(16)5-6-10(12)14(19)17-11(15(20)22-3)8-13(18)21-2/h5-7,11H,4,8H2,1-3H3,(H,17,19). The van der Waals surface area contributed by atoms with Gasteiger partial charge in [-0.05, 0) is 25.1 Å². The third-order valence-electron chi connectivity index (χ3n) is 2.88. The molecular weight excluding hydrogens is 370 g/mol. The molecule has 1 unspecified atom stereocenters. The number of nitrogens with one attached hydrogen (secondary N) is 1. The largest absolute Gasteiger partial charge is 0.493 e. The Hall–Kier alpha value is -2.09. The van der Waals surface area contributed by atoms with Gasteiger partial charge in [-0.3, -0.25) is 9.59 Å². The number of carbonyl (C=O) groups is 3. The summed E-state index contributed by atoms with van der Waals surface area (Å²) in [5.74, 6) is -1.57. The second-order valence-electron chi connectivity index (χ2n) is 4.40. The van der Waals surface area contributed by atoms with E-state index in [1.54, 1.807) is 25.1 Å². The van der Waals surface area contributed by atoms with Gasteiger partial charge in [0.25, 0.3) is 5.91 Å². The minimum atomic E-state index is -1.14. The second kappa shape index (κ2) is 9.14. The van der Waals surface area contributed by atoms with Crippen molar-refractivity contribution in [2.75, 3.05) is 20.8 Å². The van der Waals surface area contributed by atoms with Crippen molar-refractivity contribution < 1.29 is 28.6 Å². The number of carbonyl (C=O) groups excluding carboxylic acids is 3. The van der Waals surface area contributed by atoms with Crippen LogP contribution < -0.4 is 10.1 Å². The number of halogens is 1. The normalized spacial score (nSPS) is 11.3. The third kappa shape index (κ3) is 5.55. The fourth-order valence-electron chi connectivity index (χ4n) is 1.78. The number of benzene rings is 1. The maximum atomic E-state index is 12.4. The molecule has 0 aliphatic heterocycles. The van der Waals surface area contributed by atoms with Crippen LogP contribution in [0.5, 0.6) is 5.75 Å². The van der Waals surface area contributed by atoms with Crippen molar-refractivity contribution in [2.45, 2.75) is 19.4 Å². The van der Waals surface area contributed by atoms with Crippen LogP contribution in [0.4, 0.5) is 0 Å². The highest BCUT2D eigenvalue weighted by Crippen LogP contribution is 2.24. The first-order chi connectivity index (χ1) is 10.9. The van der Waals surface area contributed by atoms with Crippen molar-refractivity contribution in [3.05, 3.63) is 28.2 Å². The number of rotatable bonds is 7. The Morgan fingerprint density at radius 2 is 1.91 bits per heavy atom. The molecule has 1 N–H and O–H groups in total. The molecule has 7 nitrogen and oxygen atoms in total. The van der Waals surface area contributed by atoms with Crippen molar-refractivity contribution in [1.29, 1.82) is 0 Å². The van der Waals surface area contributed by atoms with E-state index in [1.165, 1.54) is 14.2 Å². The van der Waals surface area contributed by atoms with Crippen molar-refractivity contribution in [3.8, 4) is 5.75 Å². The molecule has 0 aliphatic carbocycles. The van der Waals surface area contributed by atoms with Crippen molar-refractivity contribution in [2.24, 2.45) is 0 Å². The highest BCUT2D eigenvalue weighted by atomic mass is 79.9. The van der Waals surface area contributed by atoms with Gasteiger partial charge in [0.05, 0.1) is 32.8 Å². The molecule has 0 radical (unpaired) electrons. The lowest BCUT2D eigenvalue weighted by molar-refractivity contribution is -0.149. The minimum absolute atomic E-state index is 0.244. The molecular formula is C15H18BrNO6. The van der Waals surface area contributed by atoms with Crippen LogP contribution in [0.25, 0.3) is 0 Å². The molecule has 1 aromatic carbocycles. The second-order valence-corrected chi connectivity index (χ2v) is 5.32. The Bertz CT molecular complexity index is 589. The van der Waals surface area contributed by atoms with Gasteiger partial charge in [0.15, 0.2) is 0 Å². The molecule has 0 saturated carbocycles. The Morgan fingerprint density at radius 3 is 2.48 bits per heavy atom. The van der Waals surface area contributed by atoms with E-state index in [0.717, 1.165) is 4.47 Å². The summed E-state index contributed by atoms with van der Waals surface area (Å²) in [6, 6.07) is 3.73. The van der Waals surface area contributed by atoms with E-state index in [1.807, 2.05) is 0 Å². The topological polar surface area (TPSA) is 90.9 Å². The first kappa shape index (κ1) is 19.0. The molecule has 0 spiro atoms. The Kier molecular flexibility index (Phi) is 7.53. The summed E-state index contributed by atoms with van der Waals surface area (Å²) >= 11 is 3.30. The SMILES string of the molecule is CCOc1cc(Br)ccc1C(=O)NC(CC(=O)OC)C(=O)OC. The van der Waals surface area contributed by atoms with E-state index in [2.05, 4.69) is 30.7 Å². The van der Waals surface area contributed by atoms with Gasteiger partial charge in [-0.1, -0.05) is 15.9 Å². The molecule has 0 aromatic heterocycles. The fraction of sp³-hybridized carbons (Fsp3) is 0.400. The van der Waals surface area contributed by atoms with E-state index in [4.69, 9.17) is 4.74 Å². The average molecular weight is 388 g/mol. The van der Waals surface area contributed by atoms with Crippen molar-refractivity contribution in [3.63, 3.8) is 0 Å². The molecule has 0 bridgehead atoms. The first-order valence-corrected chi connectivity index (χ1v) is 7.60. The molecule has 0 heterocycles. The van der Waals surface area contributed by atoms with Crippen LogP contribution in [0.1, 0.15) is 23.7 Å². The zero-order valence-corrected chi connectivity index (χ0v) is 14.6. The van der Waals surface area contributed by atoms with Crippen LogP contribution >= 0.6 is 15.9 Å². The Balaban J connectivity index is 2.98. The highest BCUT2D eigenvalue weighted by Gasteiger charge is 2.26. The first-order valence-electron chi connectivity index (χ1n) is 6.80. The molecule has 23 heavy (non-hydrogen) atoms. The number of esters is 2. The van der Waals surface area contributed by atoms with E-state index in [-0.39, 0.29) is 12.0 Å². The molecule has 1 rings (SSSR count). The lowest BCUT2D eigenvalue weighted by Gasteiger charge is -2.17. The summed E-state index contributed by atoms with van der Waals surface area (Å²) in [7, 11) is 2.37. The van der Waals surface area contributed by atoms with Gasteiger partial charge in [0.2, 0.25) is 0 Å². The summed E-state index contributed by atoms with van der Waals surface area (Å²) in [6.45, 7) is 2.16. The van der Waals surface area contributed by atoms with Crippen LogP contribution in [-0.2, 0) is 19.1 Å². The monoisotopic (exact) mass is 387 g/mol. The number of methoxy groups -OCH3 is 2. The van der Waals surface area contributed by atoms with Crippen molar-refractivity contribution in [1.82, 2.24) is 5.32 Å². The molecule has 8 heteroatoms. The average Bonchev–Trinajstić information content (AvgIpc) is 2.53. The summed E-state index contributed by atoms with van der Waals surface area (Å²) in [5.41, 5.74) is 0.244. The summed E-state index contributed by atoms with van der Waals surface area (Å²) < 4.78 is 15.3. The van der Waals surface area contributed by atoms with Gasteiger partial charge in [0.1, 0.15) is 11.8 Å². The predicted molar refractivity (Wildman–Crippen MR) is 85.2 cm³/mol. The predicted octanol–water partition coefficient (Wildman–Crippen LogP) is 1.68. The summed E-state index contributed by atoms with van der Waals surface area (Å²) in [5, 5.41) is 2.46. The molecule has 1 aromatic rings. The molecule has 0 saturated heterocycles. The van der Waals surface area contributed by atoms with E-state index >= 15 is 0 Å². The molecule has 126 valence electrons. The summed E-state index contributed by atoms with van der Waals surface area (Å²) in [4.78, 5) is 35.5. The highest BCUT2D eigenvalue weighted by molar-refractivity contribution is 9.10. The lowest BCUT2D eigenvalue weighted by Crippen LogP contribution is -2.43. The maximum Gasteiger partial charge on any atom is 0.328 e. The van der Waals surface area contributed by atoms with Crippen LogP contribution in [0.15, 0.2) is 22.7 Å². The number of amides is 1. The van der Waals surface area contributed by atoms with E-state index < -0.39 is 23.9 Å². The third-order valence-corrected chi connectivity index (χ3v) is 3.37. The molecule has 1 atom stereocenters. The molecule has 1 amide bonds. The van der Waals surface area contributed by atoms with Gasteiger partial charge in [-0.2, -0.15) is 0 Å². The van der Waals surface area contributed by atoms with Gasteiger partial charge in [-0.25, -0.2) is 4.79 Å². The van der Waals surface area contributed by atoms with Crippen LogP contribution in [0.3, 0.4) is 0 Å². The fourth-order valence-corrected chi connectivity index (χ4v) is 2.12. The molecule has 0 aliphatic rings. The Labute approximate surface area is 142 Å². The van der Waals surface area contributed by atoms with Gasteiger partial charge >= 0.3 is 11.9 Å². The van der Waals surface area contributed by atoms with Gasteiger partial charge in [-0.15, -0.1) is 0 Å². The summed E-state index contributed by atoms with van der Waals surface area (Å²) in [6.07, 6.45) is -0.324.